The Morgan fingerprint density at radius 1 is 1.39 bits per heavy atom. The van der Waals surface area contributed by atoms with Crippen molar-refractivity contribution in [1.82, 2.24) is 10.2 Å². The summed E-state index contributed by atoms with van der Waals surface area (Å²) in [4.78, 5) is 6.19. The van der Waals surface area contributed by atoms with Crippen molar-refractivity contribution in [1.29, 1.82) is 0 Å². The van der Waals surface area contributed by atoms with Crippen LogP contribution in [-0.2, 0) is 0 Å². The molecule has 1 aliphatic heterocycles. The summed E-state index contributed by atoms with van der Waals surface area (Å²) in [7, 11) is 0. The van der Waals surface area contributed by atoms with Gasteiger partial charge in [-0.3, -0.25) is 15.0 Å². The quantitative estimate of drug-likeness (QED) is 0.643. The highest BCUT2D eigenvalue weighted by Gasteiger charge is 2.24. The Bertz CT molecular complexity index is 622. The number of halogens is 2. The number of aryl methyl sites for hydroxylation is 1. The van der Waals surface area contributed by atoms with E-state index >= 15 is 0 Å². The van der Waals surface area contributed by atoms with Crippen molar-refractivity contribution < 1.29 is 0 Å². The molecule has 0 amide bonds. The zero-order chi connectivity index (χ0) is 12.7. The third kappa shape index (κ3) is 1.93. The Balaban J connectivity index is 2.15. The van der Waals surface area contributed by atoms with Crippen molar-refractivity contribution in [3.8, 4) is 0 Å². The molecule has 0 saturated carbocycles. The lowest BCUT2D eigenvalue weighted by molar-refractivity contribution is 0.868. The molecule has 18 heavy (non-hydrogen) atoms. The number of anilines is 2. The summed E-state index contributed by atoms with van der Waals surface area (Å²) >= 11 is 9.75. The van der Waals surface area contributed by atoms with E-state index in [2.05, 4.69) is 31.1 Å². The molecule has 1 unspecified atom stereocenters. The number of benzene rings is 1. The topological polar surface area (TPSA) is 44.3 Å². The number of hydrogen-bond acceptors (Lipinski definition) is 3. The molecule has 92 valence electrons. The molecule has 6 heteroatoms. The lowest BCUT2D eigenvalue weighted by Crippen LogP contribution is -2.29. The highest BCUT2D eigenvalue weighted by molar-refractivity contribution is 9.10. The van der Waals surface area contributed by atoms with Gasteiger partial charge < -0.3 is 0 Å². The molecular formula is C12H10BrClN4. The van der Waals surface area contributed by atoms with Crippen LogP contribution in [0.25, 0.3) is 0 Å². The van der Waals surface area contributed by atoms with Crippen LogP contribution < -0.4 is 4.90 Å². The fraction of sp³-hybridized carbons (Fsp3) is 0.167. The number of fused-ring (bicyclic) bond motifs is 1. The van der Waals surface area contributed by atoms with Gasteiger partial charge in [-0.2, -0.15) is 5.10 Å². The molecule has 1 aliphatic rings. The summed E-state index contributed by atoms with van der Waals surface area (Å²) in [6, 6.07) is 7.95. The smallest absolute Gasteiger partial charge is 0.203 e. The maximum absolute atomic E-state index is 6.27. The molecular weight excluding hydrogens is 316 g/mol. The van der Waals surface area contributed by atoms with Crippen molar-refractivity contribution in [3.05, 3.63) is 40.0 Å². The second-order valence-corrected chi connectivity index (χ2v) is 5.36. The van der Waals surface area contributed by atoms with E-state index in [0.29, 0.717) is 0 Å². The van der Waals surface area contributed by atoms with Crippen LogP contribution in [0.5, 0.6) is 0 Å². The molecule has 0 aliphatic carbocycles. The second kappa shape index (κ2) is 4.40. The SMILES string of the molecule is Cc1cc(N2c3cc(Br)ccc3C=NC2Cl)[nH]n1. The third-order valence-electron chi connectivity index (χ3n) is 2.75. The minimum absolute atomic E-state index is 0.466. The first-order valence-electron chi connectivity index (χ1n) is 5.43. The van der Waals surface area contributed by atoms with Gasteiger partial charge in [-0.05, 0) is 19.1 Å². The number of aromatic nitrogens is 2. The molecule has 1 atom stereocenters. The van der Waals surface area contributed by atoms with Crippen LogP contribution in [0.3, 0.4) is 0 Å². The predicted octanol–water partition coefficient (Wildman–Crippen LogP) is 3.57. The highest BCUT2D eigenvalue weighted by atomic mass is 79.9. The number of aromatic amines is 1. The van der Waals surface area contributed by atoms with Gasteiger partial charge in [0.2, 0.25) is 5.62 Å². The molecule has 4 nitrogen and oxygen atoms in total. The zero-order valence-corrected chi connectivity index (χ0v) is 11.9. The standard InChI is InChI=1S/C12H10BrClN4/c1-7-4-11(17-16-7)18-10-5-9(13)3-2-8(10)6-15-12(18)14/h2-6,12H,1H3,(H,16,17). The number of H-pyrrole nitrogens is 1. The first kappa shape index (κ1) is 11.7. The fourth-order valence-corrected chi connectivity index (χ4v) is 2.55. The lowest BCUT2D eigenvalue weighted by atomic mass is 10.1. The van der Waals surface area contributed by atoms with Crippen LogP contribution in [0.15, 0.2) is 33.7 Å². The van der Waals surface area contributed by atoms with Crippen LogP contribution in [0.4, 0.5) is 11.5 Å². The molecule has 0 fully saturated rings. The molecule has 2 heterocycles. The minimum atomic E-state index is -0.466. The summed E-state index contributed by atoms with van der Waals surface area (Å²) in [6.07, 6.45) is 1.79. The lowest BCUT2D eigenvalue weighted by Gasteiger charge is -2.29. The summed E-state index contributed by atoms with van der Waals surface area (Å²) in [5, 5.41) is 7.10. The number of alkyl halides is 1. The van der Waals surface area contributed by atoms with Gasteiger partial charge in [-0.25, -0.2) is 0 Å². The van der Waals surface area contributed by atoms with E-state index in [1.165, 1.54) is 0 Å². The summed E-state index contributed by atoms with van der Waals surface area (Å²) in [5.41, 5.74) is 2.48. The van der Waals surface area contributed by atoms with E-state index in [9.17, 15) is 0 Å². The van der Waals surface area contributed by atoms with Crippen LogP contribution in [-0.4, -0.2) is 22.0 Å². The Kier molecular flexibility index (Phi) is 2.87. The molecule has 1 aromatic heterocycles. The van der Waals surface area contributed by atoms with Gasteiger partial charge in [-0.1, -0.05) is 33.6 Å². The summed E-state index contributed by atoms with van der Waals surface area (Å²) in [6.45, 7) is 1.93. The second-order valence-electron chi connectivity index (χ2n) is 4.06. The van der Waals surface area contributed by atoms with Gasteiger partial charge in [-0.15, -0.1) is 0 Å². The minimum Gasteiger partial charge on any atom is -0.290 e. The molecule has 3 rings (SSSR count). The monoisotopic (exact) mass is 324 g/mol. The van der Waals surface area contributed by atoms with Gasteiger partial charge in [0.1, 0.15) is 5.82 Å². The van der Waals surface area contributed by atoms with E-state index in [1.807, 2.05) is 36.1 Å². The number of aliphatic imine (C=N–C) groups is 1. The van der Waals surface area contributed by atoms with Crippen LogP contribution in [0.1, 0.15) is 11.3 Å². The van der Waals surface area contributed by atoms with Gasteiger partial charge in [0.25, 0.3) is 0 Å². The molecule has 1 aromatic carbocycles. The average molecular weight is 326 g/mol. The van der Waals surface area contributed by atoms with Crippen LogP contribution >= 0.6 is 27.5 Å². The molecule has 0 radical (unpaired) electrons. The van der Waals surface area contributed by atoms with E-state index in [1.54, 1.807) is 6.21 Å². The van der Waals surface area contributed by atoms with Gasteiger partial charge in [0, 0.05) is 22.3 Å². The molecule has 0 bridgehead atoms. The third-order valence-corrected chi connectivity index (χ3v) is 3.55. The fourth-order valence-electron chi connectivity index (χ4n) is 1.93. The zero-order valence-electron chi connectivity index (χ0n) is 9.56. The van der Waals surface area contributed by atoms with E-state index < -0.39 is 5.62 Å². The predicted molar refractivity (Wildman–Crippen MR) is 76.8 cm³/mol. The number of rotatable bonds is 1. The Hall–Kier alpha value is -1.33. The first-order valence-corrected chi connectivity index (χ1v) is 6.66. The van der Waals surface area contributed by atoms with Crippen molar-refractivity contribution in [2.45, 2.75) is 12.5 Å². The Labute approximate surface area is 118 Å². The Morgan fingerprint density at radius 2 is 2.22 bits per heavy atom. The van der Waals surface area contributed by atoms with Crippen LogP contribution in [0, 0.1) is 6.92 Å². The van der Waals surface area contributed by atoms with Crippen molar-refractivity contribution >= 4 is 45.3 Å². The van der Waals surface area contributed by atoms with Gasteiger partial charge in [0.05, 0.1) is 11.4 Å². The maximum Gasteiger partial charge on any atom is 0.203 e. The maximum atomic E-state index is 6.27. The molecule has 0 saturated heterocycles. The van der Waals surface area contributed by atoms with Gasteiger partial charge in [0.15, 0.2) is 0 Å². The number of nitrogens with one attached hydrogen (secondary N) is 1. The van der Waals surface area contributed by atoms with E-state index in [4.69, 9.17) is 11.6 Å². The molecule has 1 N–H and O–H groups in total. The highest BCUT2D eigenvalue weighted by Crippen LogP contribution is 2.35. The number of nitrogens with zero attached hydrogens (tertiary/aromatic N) is 3. The van der Waals surface area contributed by atoms with Crippen LogP contribution in [0.2, 0.25) is 0 Å². The van der Waals surface area contributed by atoms with Crippen molar-refractivity contribution in [3.63, 3.8) is 0 Å². The summed E-state index contributed by atoms with van der Waals surface area (Å²) < 4.78 is 1.00. The normalized spacial score (nSPS) is 17.9. The molecule has 0 spiro atoms. The van der Waals surface area contributed by atoms with Crippen molar-refractivity contribution in [2.24, 2.45) is 4.99 Å². The first-order chi connectivity index (χ1) is 8.65. The number of hydrogen-bond donors (Lipinski definition) is 1. The van der Waals surface area contributed by atoms with E-state index in [0.717, 1.165) is 27.2 Å². The summed E-state index contributed by atoms with van der Waals surface area (Å²) in [5.74, 6) is 0.837. The molecule has 2 aromatic rings. The largest absolute Gasteiger partial charge is 0.290 e. The average Bonchev–Trinajstić information content (AvgIpc) is 2.75. The van der Waals surface area contributed by atoms with Gasteiger partial charge >= 0.3 is 0 Å². The Morgan fingerprint density at radius 3 is 2.94 bits per heavy atom. The van der Waals surface area contributed by atoms with E-state index in [-0.39, 0.29) is 0 Å². The van der Waals surface area contributed by atoms with Crippen molar-refractivity contribution in [2.75, 3.05) is 4.90 Å².